The van der Waals surface area contributed by atoms with Gasteiger partial charge in [-0.05, 0) is 39.8 Å². The molecule has 94 valence electrons. The van der Waals surface area contributed by atoms with Gasteiger partial charge in [0.05, 0.1) is 6.61 Å². The SMILES string of the molecule is CCN(CC)C/C=C(\C)CC/C=C(\C)CO. The molecule has 0 aromatic carbocycles. The van der Waals surface area contributed by atoms with Gasteiger partial charge in [0.15, 0.2) is 0 Å². The van der Waals surface area contributed by atoms with Crippen molar-refractivity contribution >= 4 is 0 Å². The standard InChI is InChI=1S/C14H27NO/c1-5-15(6-2)11-10-13(3)8-7-9-14(4)12-16/h9-10,16H,5-8,11-12H2,1-4H3/b13-10+,14-9+. The molecule has 0 aliphatic heterocycles. The first-order valence-electron chi connectivity index (χ1n) is 6.28. The molecule has 0 aliphatic carbocycles. The Hall–Kier alpha value is -0.600. The van der Waals surface area contributed by atoms with Gasteiger partial charge in [0.1, 0.15) is 0 Å². The molecule has 0 aromatic heterocycles. The first-order valence-corrected chi connectivity index (χ1v) is 6.28. The minimum atomic E-state index is 0.183. The Kier molecular flexibility index (Phi) is 9.25. The van der Waals surface area contributed by atoms with E-state index in [0.717, 1.165) is 38.0 Å². The molecule has 0 fully saturated rings. The normalized spacial score (nSPS) is 13.6. The van der Waals surface area contributed by atoms with Crippen LogP contribution in [0.5, 0.6) is 0 Å². The number of nitrogens with zero attached hydrogens (tertiary/aromatic N) is 1. The van der Waals surface area contributed by atoms with Crippen molar-refractivity contribution in [3.8, 4) is 0 Å². The molecule has 0 aliphatic rings. The van der Waals surface area contributed by atoms with Crippen LogP contribution in [0.1, 0.15) is 40.5 Å². The van der Waals surface area contributed by atoms with E-state index in [9.17, 15) is 0 Å². The van der Waals surface area contributed by atoms with Crippen molar-refractivity contribution in [1.29, 1.82) is 0 Å². The van der Waals surface area contributed by atoms with Crippen molar-refractivity contribution in [2.24, 2.45) is 0 Å². The summed E-state index contributed by atoms with van der Waals surface area (Å²) >= 11 is 0. The summed E-state index contributed by atoms with van der Waals surface area (Å²) in [5.41, 5.74) is 2.51. The highest BCUT2D eigenvalue weighted by Gasteiger charge is 1.96. The van der Waals surface area contributed by atoms with E-state index in [-0.39, 0.29) is 6.61 Å². The maximum absolute atomic E-state index is 8.85. The number of rotatable bonds is 8. The lowest BCUT2D eigenvalue weighted by molar-refractivity contribution is 0.331. The van der Waals surface area contributed by atoms with Gasteiger partial charge >= 0.3 is 0 Å². The summed E-state index contributed by atoms with van der Waals surface area (Å²) in [6.07, 6.45) is 6.56. The van der Waals surface area contributed by atoms with Crippen molar-refractivity contribution < 1.29 is 5.11 Å². The molecule has 16 heavy (non-hydrogen) atoms. The van der Waals surface area contributed by atoms with Gasteiger partial charge < -0.3 is 10.0 Å². The van der Waals surface area contributed by atoms with Crippen LogP contribution in [-0.2, 0) is 0 Å². The Morgan fingerprint density at radius 1 is 1.06 bits per heavy atom. The zero-order valence-electron chi connectivity index (χ0n) is 11.3. The summed E-state index contributed by atoms with van der Waals surface area (Å²) in [6, 6.07) is 0. The highest BCUT2D eigenvalue weighted by molar-refractivity contribution is 5.04. The molecular formula is C14H27NO. The Bertz CT molecular complexity index is 227. The maximum Gasteiger partial charge on any atom is 0.0639 e. The lowest BCUT2D eigenvalue weighted by Crippen LogP contribution is -2.22. The second-order valence-electron chi connectivity index (χ2n) is 4.28. The van der Waals surface area contributed by atoms with Crippen molar-refractivity contribution in [2.45, 2.75) is 40.5 Å². The predicted molar refractivity (Wildman–Crippen MR) is 71.6 cm³/mol. The summed E-state index contributed by atoms with van der Waals surface area (Å²) in [5.74, 6) is 0. The smallest absolute Gasteiger partial charge is 0.0639 e. The topological polar surface area (TPSA) is 23.5 Å². The van der Waals surface area contributed by atoms with Gasteiger partial charge in [0, 0.05) is 6.54 Å². The molecule has 0 heterocycles. The molecule has 0 radical (unpaired) electrons. The predicted octanol–water partition coefficient (Wildman–Crippen LogP) is 2.99. The Morgan fingerprint density at radius 3 is 2.19 bits per heavy atom. The molecule has 0 unspecified atom stereocenters. The van der Waals surface area contributed by atoms with Gasteiger partial charge in [-0.25, -0.2) is 0 Å². The molecular weight excluding hydrogens is 198 g/mol. The van der Waals surface area contributed by atoms with E-state index >= 15 is 0 Å². The Balaban J connectivity index is 3.87. The van der Waals surface area contributed by atoms with Crippen LogP contribution in [0.2, 0.25) is 0 Å². The molecule has 0 amide bonds. The summed E-state index contributed by atoms with van der Waals surface area (Å²) in [5, 5.41) is 8.85. The van der Waals surface area contributed by atoms with E-state index in [2.05, 4.69) is 37.8 Å². The van der Waals surface area contributed by atoms with E-state index in [1.165, 1.54) is 5.57 Å². The lowest BCUT2D eigenvalue weighted by atomic mass is 10.1. The van der Waals surface area contributed by atoms with Crippen LogP contribution in [0, 0.1) is 0 Å². The quantitative estimate of drug-likeness (QED) is 0.642. The Morgan fingerprint density at radius 2 is 1.69 bits per heavy atom. The molecule has 1 N–H and O–H groups in total. The third kappa shape index (κ3) is 7.66. The fourth-order valence-electron chi connectivity index (χ4n) is 1.48. The lowest BCUT2D eigenvalue weighted by Gasteiger charge is -2.15. The van der Waals surface area contributed by atoms with Crippen molar-refractivity contribution in [3.05, 3.63) is 23.3 Å². The van der Waals surface area contributed by atoms with Crippen LogP contribution in [0.15, 0.2) is 23.3 Å². The van der Waals surface area contributed by atoms with Gasteiger partial charge in [-0.3, -0.25) is 0 Å². The van der Waals surface area contributed by atoms with Crippen LogP contribution in [0.4, 0.5) is 0 Å². The average molecular weight is 225 g/mol. The summed E-state index contributed by atoms with van der Waals surface area (Å²) in [7, 11) is 0. The van der Waals surface area contributed by atoms with Crippen LogP contribution < -0.4 is 0 Å². The summed E-state index contributed by atoms with van der Waals surface area (Å²) in [6.45, 7) is 12.0. The summed E-state index contributed by atoms with van der Waals surface area (Å²) in [4.78, 5) is 2.40. The molecule has 2 heteroatoms. The van der Waals surface area contributed by atoms with Crippen molar-refractivity contribution in [3.63, 3.8) is 0 Å². The highest BCUT2D eigenvalue weighted by atomic mass is 16.3. The Labute approximate surface area is 101 Å². The number of allylic oxidation sites excluding steroid dienone is 2. The number of aliphatic hydroxyl groups is 1. The van der Waals surface area contributed by atoms with Gasteiger partial charge in [0.2, 0.25) is 0 Å². The van der Waals surface area contributed by atoms with Crippen LogP contribution >= 0.6 is 0 Å². The molecule has 0 saturated carbocycles. The number of hydrogen-bond acceptors (Lipinski definition) is 2. The van der Waals surface area contributed by atoms with E-state index in [1.54, 1.807) is 0 Å². The molecule has 0 atom stereocenters. The van der Waals surface area contributed by atoms with Crippen LogP contribution in [-0.4, -0.2) is 36.2 Å². The first-order chi connectivity index (χ1) is 7.63. The van der Waals surface area contributed by atoms with E-state index in [4.69, 9.17) is 5.11 Å². The molecule has 0 saturated heterocycles. The van der Waals surface area contributed by atoms with Crippen LogP contribution in [0.3, 0.4) is 0 Å². The minimum absolute atomic E-state index is 0.183. The van der Waals surface area contributed by atoms with Crippen molar-refractivity contribution in [1.82, 2.24) is 4.90 Å². The second kappa shape index (κ2) is 9.61. The largest absolute Gasteiger partial charge is 0.392 e. The molecule has 0 spiro atoms. The molecule has 0 bridgehead atoms. The summed E-state index contributed by atoms with van der Waals surface area (Å²) < 4.78 is 0. The van der Waals surface area contributed by atoms with Gasteiger partial charge in [-0.2, -0.15) is 0 Å². The molecule has 0 aromatic rings. The molecule has 2 nitrogen and oxygen atoms in total. The fourth-order valence-corrected chi connectivity index (χ4v) is 1.48. The third-order valence-electron chi connectivity index (χ3n) is 2.87. The maximum atomic E-state index is 8.85. The monoisotopic (exact) mass is 225 g/mol. The number of likely N-dealkylation sites (N-methyl/N-ethyl adjacent to an activating group) is 1. The van der Waals surface area contributed by atoms with Crippen LogP contribution in [0.25, 0.3) is 0 Å². The average Bonchev–Trinajstić information content (AvgIpc) is 2.30. The zero-order chi connectivity index (χ0) is 12.4. The van der Waals surface area contributed by atoms with E-state index in [0.29, 0.717) is 0 Å². The minimum Gasteiger partial charge on any atom is -0.392 e. The third-order valence-corrected chi connectivity index (χ3v) is 2.87. The molecule has 0 rings (SSSR count). The van der Waals surface area contributed by atoms with Gasteiger partial charge in [0.25, 0.3) is 0 Å². The van der Waals surface area contributed by atoms with Gasteiger partial charge in [-0.1, -0.05) is 37.1 Å². The van der Waals surface area contributed by atoms with Crippen molar-refractivity contribution in [2.75, 3.05) is 26.2 Å². The zero-order valence-corrected chi connectivity index (χ0v) is 11.3. The van der Waals surface area contributed by atoms with E-state index in [1.807, 2.05) is 6.92 Å². The van der Waals surface area contributed by atoms with E-state index < -0.39 is 0 Å². The fraction of sp³-hybridized carbons (Fsp3) is 0.714. The number of hydrogen-bond donors (Lipinski definition) is 1. The first kappa shape index (κ1) is 15.4. The van der Waals surface area contributed by atoms with Gasteiger partial charge in [-0.15, -0.1) is 0 Å². The number of aliphatic hydroxyl groups excluding tert-OH is 1. The highest BCUT2D eigenvalue weighted by Crippen LogP contribution is 2.06. The second-order valence-corrected chi connectivity index (χ2v) is 4.28.